The van der Waals surface area contributed by atoms with Crippen LogP contribution in [0.1, 0.15) is 13.3 Å². The predicted molar refractivity (Wildman–Crippen MR) is 93.0 cm³/mol. The molecule has 2 aromatic rings. The van der Waals surface area contributed by atoms with Gasteiger partial charge in [-0.2, -0.15) is 0 Å². The summed E-state index contributed by atoms with van der Waals surface area (Å²) in [5.74, 6) is -0.653. The number of urea groups is 1. The summed E-state index contributed by atoms with van der Waals surface area (Å²) in [6, 6.07) is 9.23. The van der Waals surface area contributed by atoms with E-state index in [1.165, 1.54) is 4.90 Å². The third kappa shape index (κ3) is 4.12. The highest BCUT2D eigenvalue weighted by Gasteiger charge is 2.31. The van der Waals surface area contributed by atoms with E-state index in [0.717, 1.165) is 5.56 Å². The van der Waals surface area contributed by atoms with Crippen molar-refractivity contribution < 1.29 is 14.7 Å². The van der Waals surface area contributed by atoms with E-state index in [-0.39, 0.29) is 18.5 Å². The SMILES string of the molecule is CC1CC(C(=O)O)CN(C(=O)Nc2cnc(-c3ccccc3)nc2)C1. The Balaban J connectivity index is 1.65. The monoisotopic (exact) mass is 340 g/mol. The zero-order chi connectivity index (χ0) is 17.8. The Bertz CT molecular complexity index is 749. The minimum absolute atomic E-state index is 0.150. The van der Waals surface area contributed by atoms with Crippen molar-refractivity contribution in [2.45, 2.75) is 13.3 Å². The van der Waals surface area contributed by atoms with Crippen molar-refractivity contribution in [2.75, 3.05) is 18.4 Å². The van der Waals surface area contributed by atoms with Gasteiger partial charge in [-0.1, -0.05) is 37.3 Å². The normalized spacial score (nSPS) is 20.1. The Morgan fingerprint density at radius 3 is 2.48 bits per heavy atom. The van der Waals surface area contributed by atoms with Crippen LogP contribution in [0.2, 0.25) is 0 Å². The van der Waals surface area contributed by atoms with E-state index in [1.807, 2.05) is 37.3 Å². The fourth-order valence-electron chi connectivity index (χ4n) is 3.03. The molecule has 130 valence electrons. The number of carbonyl (C=O) groups excluding carboxylic acids is 1. The Morgan fingerprint density at radius 2 is 1.84 bits per heavy atom. The van der Waals surface area contributed by atoms with E-state index in [1.54, 1.807) is 12.4 Å². The highest BCUT2D eigenvalue weighted by atomic mass is 16.4. The lowest BCUT2D eigenvalue weighted by molar-refractivity contribution is -0.143. The molecular formula is C18H20N4O3. The first kappa shape index (κ1) is 16.9. The molecule has 0 bridgehead atoms. The number of benzene rings is 1. The lowest BCUT2D eigenvalue weighted by atomic mass is 9.91. The second-order valence-electron chi connectivity index (χ2n) is 6.37. The molecule has 7 heteroatoms. The zero-order valence-corrected chi connectivity index (χ0v) is 13.9. The lowest BCUT2D eigenvalue weighted by Crippen LogP contribution is -2.47. The van der Waals surface area contributed by atoms with Crippen LogP contribution in [-0.2, 0) is 4.79 Å². The molecule has 1 aliphatic rings. The minimum atomic E-state index is -0.861. The Kier molecular flexibility index (Phi) is 4.92. The van der Waals surface area contributed by atoms with Crippen molar-refractivity contribution in [3.63, 3.8) is 0 Å². The van der Waals surface area contributed by atoms with Gasteiger partial charge in [0.15, 0.2) is 5.82 Å². The third-order valence-corrected chi connectivity index (χ3v) is 4.23. The van der Waals surface area contributed by atoms with E-state index in [0.29, 0.717) is 24.5 Å². The lowest BCUT2D eigenvalue weighted by Gasteiger charge is -2.34. The van der Waals surface area contributed by atoms with Crippen molar-refractivity contribution in [3.8, 4) is 11.4 Å². The second kappa shape index (κ2) is 7.29. The van der Waals surface area contributed by atoms with E-state index in [9.17, 15) is 14.7 Å². The summed E-state index contributed by atoms with van der Waals surface area (Å²) in [7, 11) is 0. The van der Waals surface area contributed by atoms with Gasteiger partial charge in [0.25, 0.3) is 0 Å². The number of nitrogens with zero attached hydrogens (tertiary/aromatic N) is 3. The predicted octanol–water partition coefficient (Wildman–Crippen LogP) is 2.72. The summed E-state index contributed by atoms with van der Waals surface area (Å²) >= 11 is 0. The van der Waals surface area contributed by atoms with Gasteiger partial charge >= 0.3 is 12.0 Å². The average Bonchev–Trinajstić information content (AvgIpc) is 2.62. The summed E-state index contributed by atoms with van der Waals surface area (Å²) in [5, 5.41) is 11.9. The number of carboxylic acid groups (broad SMARTS) is 1. The third-order valence-electron chi connectivity index (χ3n) is 4.23. The van der Waals surface area contributed by atoms with Crippen molar-refractivity contribution in [1.82, 2.24) is 14.9 Å². The number of hydrogen-bond donors (Lipinski definition) is 2. The number of anilines is 1. The average molecular weight is 340 g/mol. The van der Waals surface area contributed by atoms with Gasteiger partial charge in [0.2, 0.25) is 0 Å². The maximum absolute atomic E-state index is 12.4. The fourth-order valence-corrected chi connectivity index (χ4v) is 3.03. The number of carboxylic acids is 1. The van der Waals surface area contributed by atoms with Gasteiger partial charge in [-0.05, 0) is 12.3 Å². The van der Waals surface area contributed by atoms with Crippen LogP contribution in [0.4, 0.5) is 10.5 Å². The molecule has 0 radical (unpaired) electrons. The van der Waals surface area contributed by atoms with Crippen LogP contribution in [-0.4, -0.2) is 45.1 Å². The van der Waals surface area contributed by atoms with Crippen LogP contribution in [0.15, 0.2) is 42.7 Å². The molecule has 1 saturated heterocycles. The summed E-state index contributed by atoms with van der Waals surface area (Å²) in [4.78, 5) is 33.7. The number of carbonyl (C=O) groups is 2. The van der Waals surface area contributed by atoms with Crippen molar-refractivity contribution in [2.24, 2.45) is 11.8 Å². The number of amides is 2. The molecule has 3 rings (SSSR count). The topological polar surface area (TPSA) is 95.4 Å². The van der Waals surface area contributed by atoms with Gasteiger partial charge in [-0.25, -0.2) is 14.8 Å². The van der Waals surface area contributed by atoms with Crippen LogP contribution < -0.4 is 5.32 Å². The summed E-state index contributed by atoms with van der Waals surface area (Å²) in [6.45, 7) is 2.71. The molecule has 0 spiro atoms. The molecule has 0 aliphatic carbocycles. The first-order chi connectivity index (χ1) is 12.0. The number of rotatable bonds is 3. The Labute approximate surface area is 145 Å². The molecule has 2 unspecified atom stereocenters. The van der Waals surface area contributed by atoms with E-state index in [2.05, 4.69) is 15.3 Å². The van der Waals surface area contributed by atoms with Gasteiger partial charge in [-0.15, -0.1) is 0 Å². The van der Waals surface area contributed by atoms with E-state index < -0.39 is 11.9 Å². The Morgan fingerprint density at radius 1 is 1.16 bits per heavy atom. The van der Waals surface area contributed by atoms with Gasteiger partial charge in [0.1, 0.15) is 0 Å². The van der Waals surface area contributed by atoms with Crippen LogP contribution in [0.5, 0.6) is 0 Å². The molecule has 1 aliphatic heterocycles. The summed E-state index contributed by atoms with van der Waals surface area (Å²) in [5.41, 5.74) is 1.38. The molecule has 0 saturated carbocycles. The number of aliphatic carboxylic acids is 1. The quantitative estimate of drug-likeness (QED) is 0.896. The standard InChI is InChI=1S/C18H20N4O3/c1-12-7-14(17(23)24)11-22(10-12)18(25)21-15-8-19-16(20-9-15)13-5-3-2-4-6-13/h2-6,8-9,12,14H,7,10-11H2,1H3,(H,21,25)(H,23,24). The maximum atomic E-state index is 12.4. The van der Waals surface area contributed by atoms with Crippen LogP contribution >= 0.6 is 0 Å². The molecule has 1 fully saturated rings. The molecule has 2 amide bonds. The molecule has 7 nitrogen and oxygen atoms in total. The summed E-state index contributed by atoms with van der Waals surface area (Å²) in [6.07, 6.45) is 3.69. The van der Waals surface area contributed by atoms with Gasteiger partial charge < -0.3 is 15.3 Å². The van der Waals surface area contributed by atoms with Crippen LogP contribution in [0, 0.1) is 11.8 Å². The molecule has 2 atom stereocenters. The van der Waals surface area contributed by atoms with Crippen LogP contribution in [0.25, 0.3) is 11.4 Å². The van der Waals surface area contributed by atoms with Crippen LogP contribution in [0.3, 0.4) is 0 Å². The minimum Gasteiger partial charge on any atom is -0.481 e. The molecule has 1 aromatic heterocycles. The first-order valence-electron chi connectivity index (χ1n) is 8.19. The van der Waals surface area contributed by atoms with Gasteiger partial charge in [0.05, 0.1) is 24.0 Å². The smallest absolute Gasteiger partial charge is 0.321 e. The molecular weight excluding hydrogens is 320 g/mol. The summed E-state index contributed by atoms with van der Waals surface area (Å²) < 4.78 is 0. The number of nitrogens with one attached hydrogen (secondary N) is 1. The molecule has 25 heavy (non-hydrogen) atoms. The van der Waals surface area contributed by atoms with E-state index >= 15 is 0 Å². The van der Waals surface area contributed by atoms with Crippen molar-refractivity contribution in [1.29, 1.82) is 0 Å². The molecule has 2 N–H and O–H groups in total. The van der Waals surface area contributed by atoms with Crippen molar-refractivity contribution in [3.05, 3.63) is 42.7 Å². The molecule has 1 aromatic carbocycles. The zero-order valence-electron chi connectivity index (χ0n) is 13.9. The maximum Gasteiger partial charge on any atom is 0.321 e. The van der Waals surface area contributed by atoms with Gasteiger partial charge in [0, 0.05) is 18.7 Å². The first-order valence-corrected chi connectivity index (χ1v) is 8.19. The number of likely N-dealkylation sites (tertiary alicyclic amines) is 1. The van der Waals surface area contributed by atoms with Gasteiger partial charge in [-0.3, -0.25) is 4.79 Å². The number of hydrogen-bond acceptors (Lipinski definition) is 4. The van der Waals surface area contributed by atoms with Crippen molar-refractivity contribution >= 4 is 17.7 Å². The largest absolute Gasteiger partial charge is 0.481 e. The fraction of sp³-hybridized carbons (Fsp3) is 0.333. The van der Waals surface area contributed by atoms with E-state index in [4.69, 9.17) is 0 Å². The molecule has 2 heterocycles. The Hall–Kier alpha value is -2.96. The second-order valence-corrected chi connectivity index (χ2v) is 6.37. The highest BCUT2D eigenvalue weighted by molar-refractivity contribution is 5.89. The number of piperidine rings is 1. The number of aromatic nitrogens is 2. The highest BCUT2D eigenvalue weighted by Crippen LogP contribution is 2.22.